The highest BCUT2D eigenvalue weighted by Gasteiger charge is 2.19. The average molecular weight is 347 g/mol. The van der Waals surface area contributed by atoms with Gasteiger partial charge in [0, 0.05) is 10.9 Å². The molecule has 1 aliphatic carbocycles. The largest absolute Gasteiger partial charge is 0.248 e. The molecule has 4 aromatic rings. The van der Waals surface area contributed by atoms with E-state index in [1.165, 1.54) is 38.8 Å². The highest BCUT2D eigenvalue weighted by atomic mass is 14.7. The zero-order valence-electron chi connectivity index (χ0n) is 15.7. The Balaban J connectivity index is 1.83. The van der Waals surface area contributed by atoms with E-state index >= 15 is 0 Å². The van der Waals surface area contributed by atoms with Gasteiger partial charge in [-0.15, -0.1) is 0 Å². The van der Waals surface area contributed by atoms with Crippen molar-refractivity contribution in [2.24, 2.45) is 0 Å². The quantitative estimate of drug-likeness (QED) is 0.383. The Labute approximate surface area is 160 Å². The molecule has 0 saturated heterocycles. The van der Waals surface area contributed by atoms with Crippen LogP contribution in [0.1, 0.15) is 25.0 Å². The van der Waals surface area contributed by atoms with Crippen LogP contribution in [0, 0.1) is 0 Å². The maximum atomic E-state index is 5.05. The first-order valence-corrected chi connectivity index (χ1v) is 9.46. The molecule has 0 bridgehead atoms. The first-order valence-electron chi connectivity index (χ1n) is 9.46. The Hall–Kier alpha value is -3.19. The van der Waals surface area contributed by atoms with Crippen molar-refractivity contribution in [3.05, 3.63) is 95.6 Å². The normalized spacial score (nSPS) is 13.3. The molecule has 0 N–H and O–H groups in total. The third-order valence-electron chi connectivity index (χ3n) is 5.69. The SMILES string of the molecule is CC1=C(C)c2cc3nc(-c4ccccc4)cc(-c4ccccc4)c3cc2C1. The number of benzene rings is 3. The summed E-state index contributed by atoms with van der Waals surface area (Å²) in [5, 5.41) is 1.24. The van der Waals surface area contributed by atoms with Gasteiger partial charge in [0.15, 0.2) is 0 Å². The molecule has 1 heteroatoms. The fraction of sp³-hybridized carbons (Fsp3) is 0.115. The summed E-state index contributed by atoms with van der Waals surface area (Å²) < 4.78 is 0. The molecular weight excluding hydrogens is 326 g/mol. The lowest BCUT2D eigenvalue weighted by molar-refractivity contribution is 1.19. The highest BCUT2D eigenvalue weighted by Crippen LogP contribution is 2.39. The number of hydrogen-bond acceptors (Lipinski definition) is 1. The van der Waals surface area contributed by atoms with E-state index in [4.69, 9.17) is 4.98 Å². The van der Waals surface area contributed by atoms with Crippen LogP contribution in [-0.4, -0.2) is 4.98 Å². The van der Waals surface area contributed by atoms with Crippen LogP contribution < -0.4 is 0 Å². The lowest BCUT2D eigenvalue weighted by Crippen LogP contribution is -1.93. The lowest BCUT2D eigenvalue weighted by atomic mass is 9.95. The Bertz CT molecular complexity index is 1190. The van der Waals surface area contributed by atoms with E-state index < -0.39 is 0 Å². The summed E-state index contributed by atoms with van der Waals surface area (Å²) in [7, 11) is 0. The van der Waals surface area contributed by atoms with Gasteiger partial charge in [0.25, 0.3) is 0 Å². The molecule has 0 fully saturated rings. The molecule has 27 heavy (non-hydrogen) atoms. The molecule has 0 saturated carbocycles. The zero-order valence-corrected chi connectivity index (χ0v) is 15.7. The number of fused-ring (bicyclic) bond motifs is 2. The minimum Gasteiger partial charge on any atom is -0.248 e. The molecule has 0 atom stereocenters. The first kappa shape index (κ1) is 16.0. The van der Waals surface area contributed by atoms with Crippen LogP contribution in [0.3, 0.4) is 0 Å². The zero-order chi connectivity index (χ0) is 18.4. The van der Waals surface area contributed by atoms with E-state index in [-0.39, 0.29) is 0 Å². The fourth-order valence-corrected chi connectivity index (χ4v) is 4.07. The molecule has 1 nitrogen and oxygen atoms in total. The van der Waals surface area contributed by atoms with Gasteiger partial charge in [-0.3, -0.25) is 0 Å². The van der Waals surface area contributed by atoms with Crippen molar-refractivity contribution in [1.82, 2.24) is 4.98 Å². The van der Waals surface area contributed by atoms with E-state index in [2.05, 4.69) is 86.6 Å². The van der Waals surface area contributed by atoms with Crippen LogP contribution >= 0.6 is 0 Å². The van der Waals surface area contributed by atoms with Crippen molar-refractivity contribution in [2.45, 2.75) is 20.3 Å². The summed E-state index contributed by atoms with van der Waals surface area (Å²) in [6.45, 7) is 4.47. The van der Waals surface area contributed by atoms with Gasteiger partial charge < -0.3 is 0 Å². The van der Waals surface area contributed by atoms with Crippen LogP contribution in [0.25, 0.3) is 38.9 Å². The van der Waals surface area contributed by atoms with Crippen molar-refractivity contribution in [2.75, 3.05) is 0 Å². The second-order valence-corrected chi connectivity index (χ2v) is 7.40. The first-order chi connectivity index (χ1) is 13.2. The van der Waals surface area contributed by atoms with E-state index in [0.29, 0.717) is 0 Å². The standard InChI is InChI=1S/C26H21N/c1-17-13-21-14-24-23(19-9-5-3-6-10-19)16-25(20-11-7-4-8-12-20)27-26(24)15-22(21)18(17)2/h3-12,14-16H,13H2,1-2H3. The van der Waals surface area contributed by atoms with Gasteiger partial charge in [0.2, 0.25) is 0 Å². The number of nitrogens with zero attached hydrogens (tertiary/aromatic N) is 1. The molecule has 0 aliphatic heterocycles. The van der Waals surface area contributed by atoms with E-state index in [1.54, 1.807) is 0 Å². The summed E-state index contributed by atoms with van der Waals surface area (Å²) in [4.78, 5) is 5.05. The maximum Gasteiger partial charge on any atom is 0.0722 e. The van der Waals surface area contributed by atoms with Gasteiger partial charge in [-0.1, -0.05) is 66.2 Å². The molecule has 5 rings (SSSR count). The Morgan fingerprint density at radius 1 is 0.704 bits per heavy atom. The van der Waals surface area contributed by atoms with Crippen LogP contribution in [0.4, 0.5) is 0 Å². The summed E-state index contributed by atoms with van der Waals surface area (Å²) >= 11 is 0. The third-order valence-corrected chi connectivity index (χ3v) is 5.69. The monoisotopic (exact) mass is 347 g/mol. The van der Waals surface area contributed by atoms with Crippen LogP contribution in [0.15, 0.2) is 84.4 Å². The van der Waals surface area contributed by atoms with Gasteiger partial charge in [0.1, 0.15) is 0 Å². The van der Waals surface area contributed by atoms with Crippen LogP contribution in [-0.2, 0) is 6.42 Å². The number of hydrogen-bond donors (Lipinski definition) is 0. The Morgan fingerprint density at radius 2 is 1.37 bits per heavy atom. The molecule has 1 aliphatic rings. The van der Waals surface area contributed by atoms with Crippen molar-refractivity contribution in [1.29, 1.82) is 0 Å². The number of rotatable bonds is 2. The van der Waals surface area contributed by atoms with Crippen LogP contribution in [0.5, 0.6) is 0 Å². The van der Waals surface area contributed by atoms with Gasteiger partial charge in [0.05, 0.1) is 11.2 Å². The van der Waals surface area contributed by atoms with Crippen molar-refractivity contribution >= 4 is 16.5 Å². The minimum atomic E-state index is 1.03. The summed E-state index contributed by atoms with van der Waals surface area (Å²) in [5.41, 5.74) is 11.4. The van der Waals surface area contributed by atoms with Crippen molar-refractivity contribution < 1.29 is 0 Å². The smallest absolute Gasteiger partial charge is 0.0722 e. The summed E-state index contributed by atoms with van der Waals surface area (Å²) in [6.07, 6.45) is 1.05. The molecular formula is C26H21N. The summed E-state index contributed by atoms with van der Waals surface area (Å²) in [5.74, 6) is 0. The van der Waals surface area contributed by atoms with Gasteiger partial charge in [-0.25, -0.2) is 4.98 Å². The topological polar surface area (TPSA) is 12.9 Å². The van der Waals surface area contributed by atoms with Gasteiger partial charge in [-0.2, -0.15) is 0 Å². The molecule has 130 valence electrons. The molecule has 0 spiro atoms. The minimum absolute atomic E-state index is 1.03. The number of aromatic nitrogens is 1. The van der Waals surface area contributed by atoms with Crippen LogP contribution in [0.2, 0.25) is 0 Å². The predicted octanol–water partition coefficient (Wildman–Crippen LogP) is 6.92. The number of allylic oxidation sites excluding steroid dienone is 2. The summed E-state index contributed by atoms with van der Waals surface area (Å²) in [6, 6.07) is 28.0. The van der Waals surface area contributed by atoms with Gasteiger partial charge >= 0.3 is 0 Å². The molecule has 1 aromatic heterocycles. The predicted molar refractivity (Wildman–Crippen MR) is 115 cm³/mol. The van der Waals surface area contributed by atoms with E-state index in [1.807, 2.05) is 6.07 Å². The van der Waals surface area contributed by atoms with E-state index in [0.717, 1.165) is 23.2 Å². The number of pyridine rings is 1. The van der Waals surface area contributed by atoms with Crippen molar-refractivity contribution in [3.8, 4) is 22.4 Å². The maximum absolute atomic E-state index is 5.05. The fourth-order valence-electron chi connectivity index (χ4n) is 4.07. The molecule has 3 aromatic carbocycles. The molecule has 1 heterocycles. The molecule has 0 radical (unpaired) electrons. The lowest BCUT2D eigenvalue weighted by Gasteiger charge is -2.13. The Kier molecular flexibility index (Phi) is 3.68. The second-order valence-electron chi connectivity index (χ2n) is 7.40. The van der Waals surface area contributed by atoms with Gasteiger partial charge in [-0.05, 0) is 66.3 Å². The molecule has 0 amide bonds. The highest BCUT2D eigenvalue weighted by molar-refractivity contribution is 5.99. The molecule has 0 unspecified atom stereocenters. The Morgan fingerprint density at radius 3 is 2.07 bits per heavy atom. The second kappa shape index (κ2) is 6.21. The van der Waals surface area contributed by atoms with Crippen molar-refractivity contribution in [3.63, 3.8) is 0 Å². The third kappa shape index (κ3) is 2.67. The average Bonchev–Trinajstić information content (AvgIpc) is 3.00. The van der Waals surface area contributed by atoms with E-state index in [9.17, 15) is 0 Å².